The maximum Gasteiger partial charge on any atom is 0.281 e. The number of aromatic nitrogens is 2. The van der Waals surface area contributed by atoms with Gasteiger partial charge < -0.3 is 5.73 Å². The van der Waals surface area contributed by atoms with Crippen molar-refractivity contribution in [2.45, 2.75) is 13.3 Å². The number of benzene rings is 1. The topological polar surface area (TPSA) is 87.0 Å². The average molecular weight is 282 g/mol. The number of hydrogen-bond donors (Lipinski definition) is 1. The van der Waals surface area contributed by atoms with Crippen LogP contribution in [0.4, 0.5) is 20.3 Å². The number of nitrogen functional groups attached to an aromatic ring is 1. The summed E-state index contributed by atoms with van der Waals surface area (Å²) in [5.74, 6) is -2.11. The van der Waals surface area contributed by atoms with Crippen molar-refractivity contribution in [2.75, 3.05) is 5.73 Å². The molecule has 2 aromatic rings. The molecule has 0 saturated heterocycles. The SMILES string of the molecule is CCc1c(-c2cc(F)c(F)cc2[N+](=O)[O-])nn(C)c1N. The van der Waals surface area contributed by atoms with E-state index < -0.39 is 22.2 Å². The van der Waals surface area contributed by atoms with E-state index in [-0.39, 0.29) is 11.3 Å². The Morgan fingerprint density at radius 3 is 2.55 bits per heavy atom. The van der Waals surface area contributed by atoms with E-state index in [1.165, 1.54) is 4.68 Å². The van der Waals surface area contributed by atoms with Gasteiger partial charge in [-0.1, -0.05) is 6.92 Å². The molecule has 8 heteroatoms. The van der Waals surface area contributed by atoms with Crippen molar-refractivity contribution in [3.05, 3.63) is 39.4 Å². The molecule has 0 bridgehead atoms. The highest BCUT2D eigenvalue weighted by Crippen LogP contribution is 2.35. The number of rotatable bonds is 3. The lowest BCUT2D eigenvalue weighted by atomic mass is 10.0. The first-order valence-corrected chi connectivity index (χ1v) is 5.82. The third-order valence-corrected chi connectivity index (χ3v) is 3.04. The zero-order valence-electron chi connectivity index (χ0n) is 10.9. The van der Waals surface area contributed by atoms with Crippen LogP contribution in [0, 0.1) is 21.7 Å². The van der Waals surface area contributed by atoms with Crippen LogP contribution in [0.2, 0.25) is 0 Å². The predicted octanol–water partition coefficient (Wildman–Crippen LogP) is 2.42. The van der Waals surface area contributed by atoms with E-state index in [1.807, 2.05) is 0 Å². The van der Waals surface area contributed by atoms with E-state index in [2.05, 4.69) is 5.10 Å². The zero-order valence-corrected chi connectivity index (χ0v) is 10.9. The summed E-state index contributed by atoms with van der Waals surface area (Å²) in [7, 11) is 1.57. The van der Waals surface area contributed by atoms with Gasteiger partial charge in [0.2, 0.25) is 0 Å². The molecule has 106 valence electrons. The van der Waals surface area contributed by atoms with Crippen molar-refractivity contribution in [3.63, 3.8) is 0 Å². The fraction of sp³-hybridized carbons (Fsp3) is 0.250. The van der Waals surface area contributed by atoms with Crippen molar-refractivity contribution < 1.29 is 13.7 Å². The van der Waals surface area contributed by atoms with Crippen LogP contribution in [0.3, 0.4) is 0 Å². The van der Waals surface area contributed by atoms with E-state index in [0.717, 1.165) is 6.07 Å². The highest BCUT2D eigenvalue weighted by atomic mass is 19.2. The van der Waals surface area contributed by atoms with E-state index in [0.29, 0.717) is 23.9 Å². The number of hydrogen-bond acceptors (Lipinski definition) is 4. The van der Waals surface area contributed by atoms with Crippen LogP contribution in [0.15, 0.2) is 12.1 Å². The molecule has 0 aliphatic heterocycles. The van der Waals surface area contributed by atoms with Crippen molar-refractivity contribution in [2.24, 2.45) is 7.05 Å². The van der Waals surface area contributed by atoms with Gasteiger partial charge in [-0.25, -0.2) is 8.78 Å². The smallest absolute Gasteiger partial charge is 0.281 e. The van der Waals surface area contributed by atoms with Gasteiger partial charge in [0.05, 0.1) is 16.6 Å². The first-order valence-electron chi connectivity index (χ1n) is 5.82. The molecule has 0 fully saturated rings. The van der Waals surface area contributed by atoms with Gasteiger partial charge in [0.1, 0.15) is 11.5 Å². The summed E-state index contributed by atoms with van der Waals surface area (Å²) in [6.07, 6.45) is 0.463. The van der Waals surface area contributed by atoms with Crippen LogP contribution in [0.1, 0.15) is 12.5 Å². The molecule has 0 radical (unpaired) electrons. The monoisotopic (exact) mass is 282 g/mol. The van der Waals surface area contributed by atoms with Crippen LogP contribution in [0.5, 0.6) is 0 Å². The standard InChI is InChI=1S/C12H12F2N4O2/c1-3-6-11(16-17(2)12(6)15)7-4-8(13)9(14)5-10(7)18(19)20/h4-5H,3,15H2,1-2H3. The van der Waals surface area contributed by atoms with Gasteiger partial charge in [-0.15, -0.1) is 0 Å². The number of nitrogens with zero attached hydrogens (tertiary/aromatic N) is 3. The van der Waals surface area contributed by atoms with E-state index in [4.69, 9.17) is 5.73 Å². The van der Waals surface area contributed by atoms with Gasteiger partial charge >= 0.3 is 0 Å². The minimum Gasteiger partial charge on any atom is -0.384 e. The molecule has 0 spiro atoms. The summed E-state index contributed by atoms with van der Waals surface area (Å²) in [5, 5.41) is 15.1. The van der Waals surface area contributed by atoms with Gasteiger partial charge in [-0.05, 0) is 12.5 Å². The van der Waals surface area contributed by atoms with Gasteiger partial charge in [-0.2, -0.15) is 5.10 Å². The summed E-state index contributed by atoms with van der Waals surface area (Å²) in [4.78, 5) is 10.2. The Morgan fingerprint density at radius 2 is 2.00 bits per heavy atom. The molecule has 0 atom stereocenters. The molecule has 0 unspecified atom stereocenters. The minimum atomic E-state index is -1.28. The molecule has 1 heterocycles. The number of anilines is 1. The van der Waals surface area contributed by atoms with Crippen LogP contribution >= 0.6 is 0 Å². The number of halogens is 2. The van der Waals surface area contributed by atoms with Crippen LogP contribution in [0.25, 0.3) is 11.3 Å². The Bertz CT molecular complexity index is 697. The molecule has 0 saturated carbocycles. The third kappa shape index (κ3) is 2.09. The number of nitro groups is 1. The Balaban J connectivity index is 2.78. The van der Waals surface area contributed by atoms with E-state index in [1.54, 1.807) is 14.0 Å². The second-order valence-electron chi connectivity index (χ2n) is 4.23. The minimum absolute atomic E-state index is 0.0851. The Morgan fingerprint density at radius 1 is 1.40 bits per heavy atom. The summed E-state index contributed by atoms with van der Waals surface area (Å²) in [5.41, 5.74) is 5.93. The second kappa shape index (κ2) is 4.87. The molecule has 1 aromatic heterocycles. The highest BCUT2D eigenvalue weighted by Gasteiger charge is 2.25. The lowest BCUT2D eigenvalue weighted by molar-refractivity contribution is -0.384. The fourth-order valence-corrected chi connectivity index (χ4v) is 2.02. The number of nitrogens with two attached hydrogens (primary N) is 1. The molecule has 0 aliphatic carbocycles. The molecule has 2 rings (SSSR count). The molecule has 6 nitrogen and oxygen atoms in total. The number of aryl methyl sites for hydroxylation is 1. The summed E-state index contributed by atoms with van der Waals surface area (Å²) in [6, 6.07) is 1.32. The summed E-state index contributed by atoms with van der Waals surface area (Å²) >= 11 is 0. The zero-order chi connectivity index (χ0) is 15.0. The average Bonchev–Trinajstić information content (AvgIpc) is 2.67. The fourth-order valence-electron chi connectivity index (χ4n) is 2.02. The molecule has 1 aromatic carbocycles. The Labute approximate surface area is 113 Å². The van der Waals surface area contributed by atoms with Gasteiger partial charge in [0.15, 0.2) is 11.6 Å². The number of nitro benzene ring substituents is 1. The second-order valence-corrected chi connectivity index (χ2v) is 4.23. The summed E-state index contributed by atoms with van der Waals surface area (Å²) < 4.78 is 27.9. The largest absolute Gasteiger partial charge is 0.384 e. The van der Waals surface area contributed by atoms with E-state index in [9.17, 15) is 18.9 Å². The third-order valence-electron chi connectivity index (χ3n) is 3.04. The van der Waals surface area contributed by atoms with Gasteiger partial charge in [0.25, 0.3) is 5.69 Å². The summed E-state index contributed by atoms with van der Waals surface area (Å²) in [6.45, 7) is 1.79. The first-order chi connectivity index (χ1) is 9.36. The van der Waals surface area contributed by atoms with E-state index >= 15 is 0 Å². The normalized spacial score (nSPS) is 10.8. The first kappa shape index (κ1) is 13.9. The Hall–Kier alpha value is -2.51. The highest BCUT2D eigenvalue weighted by molar-refractivity contribution is 5.76. The maximum atomic E-state index is 13.4. The maximum absolute atomic E-state index is 13.4. The molecule has 20 heavy (non-hydrogen) atoms. The van der Waals surface area contributed by atoms with Gasteiger partial charge in [0, 0.05) is 12.6 Å². The molecular formula is C12H12F2N4O2. The van der Waals surface area contributed by atoms with Crippen molar-refractivity contribution in [3.8, 4) is 11.3 Å². The lowest BCUT2D eigenvalue weighted by Crippen LogP contribution is -1.98. The molecule has 0 amide bonds. The van der Waals surface area contributed by atoms with Crippen LogP contribution in [-0.2, 0) is 13.5 Å². The van der Waals surface area contributed by atoms with Crippen LogP contribution < -0.4 is 5.73 Å². The van der Waals surface area contributed by atoms with Gasteiger partial charge in [-0.3, -0.25) is 14.8 Å². The lowest BCUT2D eigenvalue weighted by Gasteiger charge is -2.03. The van der Waals surface area contributed by atoms with Crippen molar-refractivity contribution >= 4 is 11.5 Å². The molecule has 2 N–H and O–H groups in total. The quantitative estimate of drug-likeness (QED) is 0.691. The molecular weight excluding hydrogens is 270 g/mol. The molecule has 0 aliphatic rings. The predicted molar refractivity (Wildman–Crippen MR) is 69.0 cm³/mol. The van der Waals surface area contributed by atoms with Crippen LogP contribution in [-0.4, -0.2) is 14.7 Å². The Kier molecular flexibility index (Phi) is 3.39. The van der Waals surface area contributed by atoms with Crippen molar-refractivity contribution in [1.82, 2.24) is 9.78 Å². The van der Waals surface area contributed by atoms with Crippen molar-refractivity contribution in [1.29, 1.82) is 0 Å².